The van der Waals surface area contributed by atoms with Crippen molar-refractivity contribution in [3.8, 4) is 6.07 Å². The molecular formula is C11H16GeN2. The second kappa shape index (κ2) is 4.16. The molecule has 0 amide bonds. The summed E-state index contributed by atoms with van der Waals surface area (Å²) in [6.07, 6.45) is 0. The van der Waals surface area contributed by atoms with E-state index in [0.29, 0.717) is 6.54 Å². The van der Waals surface area contributed by atoms with E-state index < -0.39 is 13.3 Å². The van der Waals surface area contributed by atoms with E-state index in [1.807, 2.05) is 18.2 Å². The van der Waals surface area contributed by atoms with Crippen LogP contribution in [-0.2, 0) is 6.54 Å². The predicted octanol–water partition coefficient (Wildman–Crippen LogP) is 1.56. The van der Waals surface area contributed by atoms with E-state index in [0.717, 1.165) is 5.56 Å². The minimum atomic E-state index is -1.87. The molecule has 2 N–H and O–H groups in total. The Morgan fingerprint density at radius 2 is 2.00 bits per heavy atom. The number of rotatable bonds is 2. The second-order valence-electron chi connectivity index (χ2n) is 4.44. The van der Waals surface area contributed by atoms with Crippen LogP contribution < -0.4 is 10.1 Å². The molecule has 14 heavy (non-hydrogen) atoms. The van der Waals surface area contributed by atoms with E-state index >= 15 is 0 Å². The molecule has 0 bridgehead atoms. The fourth-order valence-corrected chi connectivity index (χ4v) is 5.17. The van der Waals surface area contributed by atoms with E-state index in [-0.39, 0.29) is 0 Å². The maximum absolute atomic E-state index is 8.83. The van der Waals surface area contributed by atoms with Crippen molar-refractivity contribution < 1.29 is 0 Å². The molecule has 0 fully saturated rings. The van der Waals surface area contributed by atoms with E-state index in [2.05, 4.69) is 23.3 Å². The molecule has 0 aliphatic heterocycles. The van der Waals surface area contributed by atoms with Crippen molar-refractivity contribution in [2.24, 2.45) is 5.73 Å². The number of nitrogens with two attached hydrogens (primary N) is 1. The van der Waals surface area contributed by atoms with Crippen LogP contribution in [0.3, 0.4) is 0 Å². The summed E-state index contributed by atoms with van der Waals surface area (Å²) >= 11 is -1.87. The standard InChI is InChI=1S/C11H16GeN2/c1-12(2,3)11-6-9(7-13)4-5-10(11)8-14/h4-6H,8,14H2,1-3H3. The van der Waals surface area contributed by atoms with Gasteiger partial charge < -0.3 is 0 Å². The summed E-state index contributed by atoms with van der Waals surface area (Å²) in [5.74, 6) is 6.95. The molecule has 0 aliphatic carbocycles. The second-order valence-corrected chi connectivity index (χ2v) is 15.0. The van der Waals surface area contributed by atoms with Crippen molar-refractivity contribution in [1.82, 2.24) is 0 Å². The van der Waals surface area contributed by atoms with Crippen molar-refractivity contribution in [2.75, 3.05) is 0 Å². The first-order valence-corrected chi connectivity index (χ1v) is 12.1. The molecule has 0 radical (unpaired) electrons. The van der Waals surface area contributed by atoms with Gasteiger partial charge in [-0.1, -0.05) is 0 Å². The van der Waals surface area contributed by atoms with Gasteiger partial charge in [-0.05, 0) is 0 Å². The molecule has 0 aliphatic rings. The molecule has 0 saturated heterocycles. The fourth-order valence-electron chi connectivity index (χ4n) is 1.52. The van der Waals surface area contributed by atoms with Gasteiger partial charge in [0, 0.05) is 0 Å². The SMILES string of the molecule is [CH3][Ge]([CH3])([CH3])[c]1cc(C#N)ccc1CN. The molecule has 1 rings (SSSR count). The van der Waals surface area contributed by atoms with Crippen molar-refractivity contribution in [3.05, 3.63) is 29.3 Å². The Balaban J connectivity index is 3.31. The van der Waals surface area contributed by atoms with Gasteiger partial charge in [0.1, 0.15) is 0 Å². The van der Waals surface area contributed by atoms with E-state index in [9.17, 15) is 0 Å². The van der Waals surface area contributed by atoms with Gasteiger partial charge in [-0.15, -0.1) is 0 Å². The molecule has 3 heteroatoms. The zero-order chi connectivity index (χ0) is 10.8. The van der Waals surface area contributed by atoms with Crippen LogP contribution in [0, 0.1) is 11.3 Å². The number of hydrogen-bond acceptors (Lipinski definition) is 2. The monoisotopic (exact) mass is 250 g/mol. The summed E-state index contributed by atoms with van der Waals surface area (Å²) in [5.41, 5.74) is 7.64. The van der Waals surface area contributed by atoms with Crippen molar-refractivity contribution in [1.29, 1.82) is 5.26 Å². The van der Waals surface area contributed by atoms with Crippen LogP contribution in [0.1, 0.15) is 11.1 Å². The molecule has 0 saturated carbocycles. The third-order valence-electron chi connectivity index (χ3n) is 2.27. The van der Waals surface area contributed by atoms with E-state index in [1.165, 1.54) is 9.96 Å². The van der Waals surface area contributed by atoms with Crippen LogP contribution in [0.2, 0.25) is 17.3 Å². The normalized spacial score (nSPS) is 11.1. The van der Waals surface area contributed by atoms with Gasteiger partial charge in [0.2, 0.25) is 0 Å². The Morgan fingerprint density at radius 1 is 1.36 bits per heavy atom. The number of nitriles is 1. The van der Waals surface area contributed by atoms with Gasteiger partial charge in [-0.3, -0.25) is 0 Å². The van der Waals surface area contributed by atoms with E-state index in [4.69, 9.17) is 11.0 Å². The maximum atomic E-state index is 8.83. The average Bonchev–Trinajstić information content (AvgIpc) is 2.15. The quantitative estimate of drug-likeness (QED) is 0.808. The van der Waals surface area contributed by atoms with Crippen molar-refractivity contribution in [2.45, 2.75) is 23.8 Å². The number of benzene rings is 1. The van der Waals surface area contributed by atoms with Crippen LogP contribution in [0.25, 0.3) is 0 Å². The zero-order valence-corrected chi connectivity index (χ0v) is 11.1. The minimum absolute atomic E-state index is 0.573. The summed E-state index contributed by atoms with van der Waals surface area (Å²) in [5, 5.41) is 8.83. The van der Waals surface area contributed by atoms with Crippen LogP contribution in [0.4, 0.5) is 0 Å². The molecule has 2 nitrogen and oxygen atoms in total. The van der Waals surface area contributed by atoms with Gasteiger partial charge in [0.05, 0.1) is 0 Å². The van der Waals surface area contributed by atoms with Gasteiger partial charge in [-0.2, -0.15) is 0 Å². The fraction of sp³-hybridized carbons (Fsp3) is 0.364. The van der Waals surface area contributed by atoms with Crippen LogP contribution in [0.15, 0.2) is 18.2 Å². The van der Waals surface area contributed by atoms with Crippen LogP contribution >= 0.6 is 0 Å². The van der Waals surface area contributed by atoms with Gasteiger partial charge in [-0.25, -0.2) is 0 Å². The summed E-state index contributed by atoms with van der Waals surface area (Å²) in [4.78, 5) is 0. The van der Waals surface area contributed by atoms with Crippen molar-refractivity contribution in [3.63, 3.8) is 0 Å². The number of hydrogen-bond donors (Lipinski definition) is 1. The average molecular weight is 249 g/mol. The molecule has 1 aromatic rings. The van der Waals surface area contributed by atoms with Gasteiger partial charge in [0.15, 0.2) is 0 Å². The molecule has 0 spiro atoms. The van der Waals surface area contributed by atoms with Crippen LogP contribution in [-0.4, -0.2) is 13.3 Å². The molecule has 1 aromatic carbocycles. The molecule has 74 valence electrons. The van der Waals surface area contributed by atoms with Gasteiger partial charge >= 0.3 is 87.9 Å². The summed E-state index contributed by atoms with van der Waals surface area (Å²) in [6.45, 7) is 0.573. The Morgan fingerprint density at radius 3 is 2.43 bits per heavy atom. The summed E-state index contributed by atoms with van der Waals surface area (Å²) in [7, 11) is 0. The Kier molecular flexibility index (Phi) is 3.35. The Bertz CT molecular complexity index is 372. The molecule has 0 heterocycles. The molecule has 0 atom stereocenters. The Labute approximate surface area is 88.1 Å². The predicted molar refractivity (Wildman–Crippen MR) is 62.0 cm³/mol. The number of nitrogens with zero attached hydrogens (tertiary/aromatic N) is 1. The zero-order valence-electron chi connectivity index (χ0n) is 8.96. The first-order chi connectivity index (χ1) is 6.49. The molecule has 0 aromatic heterocycles. The first-order valence-electron chi connectivity index (χ1n) is 4.72. The Hall–Kier alpha value is -0.787. The summed E-state index contributed by atoms with van der Waals surface area (Å²) in [6, 6.07) is 8.03. The molecular weight excluding hydrogens is 233 g/mol. The third-order valence-corrected chi connectivity index (χ3v) is 6.63. The molecule has 0 unspecified atom stereocenters. The van der Waals surface area contributed by atoms with Crippen LogP contribution in [0.5, 0.6) is 0 Å². The van der Waals surface area contributed by atoms with Gasteiger partial charge in [0.25, 0.3) is 0 Å². The van der Waals surface area contributed by atoms with Crippen molar-refractivity contribution >= 4 is 17.7 Å². The first kappa shape index (κ1) is 11.3. The third kappa shape index (κ3) is 2.37. The topological polar surface area (TPSA) is 49.8 Å². The van der Waals surface area contributed by atoms with E-state index in [1.54, 1.807) is 0 Å². The summed E-state index contributed by atoms with van der Waals surface area (Å²) < 4.78 is 1.35.